The van der Waals surface area contributed by atoms with Gasteiger partial charge in [-0.1, -0.05) is 17.7 Å². The van der Waals surface area contributed by atoms with Gasteiger partial charge < -0.3 is 10.8 Å². The molecule has 0 radical (unpaired) electrons. The van der Waals surface area contributed by atoms with E-state index in [1.807, 2.05) is 0 Å². The normalized spacial score (nSPS) is 13.6. The number of rotatable bonds is 10. The lowest BCUT2D eigenvalue weighted by Crippen LogP contribution is -2.38. The van der Waals surface area contributed by atoms with Gasteiger partial charge >= 0.3 is 5.97 Å². The van der Waals surface area contributed by atoms with Gasteiger partial charge in [-0.05, 0) is 66.6 Å². The highest BCUT2D eigenvalue weighted by Crippen LogP contribution is 2.37. The van der Waals surface area contributed by atoms with Crippen molar-refractivity contribution in [3.05, 3.63) is 94.3 Å². The van der Waals surface area contributed by atoms with Crippen LogP contribution in [0.15, 0.2) is 65.6 Å². The van der Waals surface area contributed by atoms with Crippen LogP contribution in [0.5, 0.6) is 0 Å². The number of anilines is 1. The largest absolute Gasteiger partial charge is 0.480 e. The van der Waals surface area contributed by atoms with Crippen molar-refractivity contribution in [2.24, 2.45) is 5.73 Å². The number of aliphatic carboxylic acids is 1. The van der Waals surface area contributed by atoms with Crippen molar-refractivity contribution in [1.29, 1.82) is 0 Å². The molecule has 0 aliphatic heterocycles. The third-order valence-corrected chi connectivity index (χ3v) is 9.32. The van der Waals surface area contributed by atoms with Crippen LogP contribution in [-0.4, -0.2) is 39.7 Å². The smallest absolute Gasteiger partial charge is 0.321 e. The van der Waals surface area contributed by atoms with Crippen molar-refractivity contribution in [3.63, 3.8) is 0 Å². The molecule has 3 aromatic carbocycles. The van der Waals surface area contributed by atoms with Crippen molar-refractivity contribution in [1.82, 2.24) is 0 Å². The summed E-state index contributed by atoms with van der Waals surface area (Å²) in [5, 5.41) is 9.18. The van der Waals surface area contributed by atoms with Crippen molar-refractivity contribution in [2.45, 2.75) is 29.7 Å². The quantitative estimate of drug-likeness (QED) is 0.364. The maximum absolute atomic E-state index is 14.9. The minimum absolute atomic E-state index is 0.0555. The Kier molecular flexibility index (Phi) is 8.76. The molecule has 2 unspecified atom stereocenters. The molecule has 0 saturated carbocycles. The summed E-state index contributed by atoms with van der Waals surface area (Å²) in [6, 6.07) is 6.78. The minimum Gasteiger partial charge on any atom is -0.480 e. The second kappa shape index (κ2) is 11.3. The number of hydrogen-bond acceptors (Lipinski definition) is 6. The molecule has 0 aliphatic carbocycles. The van der Waals surface area contributed by atoms with Crippen molar-refractivity contribution >= 4 is 43.1 Å². The van der Waals surface area contributed by atoms with Gasteiger partial charge in [-0.3, -0.25) is 9.10 Å². The minimum atomic E-state index is -4.63. The standard InChI is InChI=1S/C24H22ClF3N2O6S2/c1-14(20-8-4-17(26)10-15(20)12-37(33,34)13-22(29)24(31)32)30(23-11-18(27)5-9-21(23)28)38(35,36)19-6-2-16(25)3-7-19/h2-11,14,22H,12-13,29H2,1H3,(H,31,32). The number of nitrogens with zero attached hydrogens (tertiary/aromatic N) is 1. The van der Waals surface area contributed by atoms with Gasteiger partial charge in [0.2, 0.25) is 0 Å². The van der Waals surface area contributed by atoms with E-state index in [9.17, 15) is 34.8 Å². The maximum Gasteiger partial charge on any atom is 0.321 e. The van der Waals surface area contributed by atoms with E-state index in [0.29, 0.717) is 10.4 Å². The predicted octanol–water partition coefficient (Wildman–Crippen LogP) is 4.04. The van der Waals surface area contributed by atoms with E-state index in [4.69, 9.17) is 22.4 Å². The maximum atomic E-state index is 14.9. The number of sulfonamides is 1. The average Bonchev–Trinajstić information content (AvgIpc) is 2.81. The van der Waals surface area contributed by atoms with Crippen LogP contribution in [0.1, 0.15) is 24.1 Å². The van der Waals surface area contributed by atoms with E-state index in [-0.39, 0.29) is 21.0 Å². The Balaban J connectivity index is 2.19. The van der Waals surface area contributed by atoms with Gasteiger partial charge in [-0.2, -0.15) is 0 Å². The molecule has 3 rings (SSSR count). The van der Waals surface area contributed by atoms with Crippen molar-refractivity contribution < 1.29 is 39.9 Å². The SMILES string of the molecule is CC(c1ccc(F)cc1CS(=O)(=O)CC(N)C(=O)O)N(c1cc(F)ccc1F)S(=O)(=O)c1ccc(Cl)cc1. The van der Waals surface area contributed by atoms with Crippen molar-refractivity contribution in [2.75, 3.05) is 10.1 Å². The number of nitrogens with two attached hydrogens (primary N) is 1. The van der Waals surface area contributed by atoms with Crippen LogP contribution in [0.25, 0.3) is 0 Å². The monoisotopic (exact) mass is 590 g/mol. The molecule has 0 bridgehead atoms. The van der Waals surface area contributed by atoms with E-state index < -0.39 is 72.6 Å². The van der Waals surface area contributed by atoms with E-state index in [1.165, 1.54) is 19.1 Å². The van der Waals surface area contributed by atoms with Crippen LogP contribution in [0.3, 0.4) is 0 Å². The summed E-state index contributed by atoms with van der Waals surface area (Å²) in [5.74, 6) is -6.35. The zero-order chi connectivity index (χ0) is 28.4. The molecule has 3 aromatic rings. The Morgan fingerprint density at radius 2 is 1.55 bits per heavy atom. The first kappa shape index (κ1) is 29.4. The van der Waals surface area contributed by atoms with E-state index >= 15 is 0 Å². The fraction of sp³-hybridized carbons (Fsp3) is 0.208. The van der Waals surface area contributed by atoms with E-state index in [2.05, 4.69) is 0 Å². The molecule has 3 N–H and O–H groups in total. The Morgan fingerprint density at radius 1 is 0.974 bits per heavy atom. The lowest BCUT2D eigenvalue weighted by Gasteiger charge is -2.32. The first-order valence-electron chi connectivity index (χ1n) is 10.8. The highest BCUT2D eigenvalue weighted by atomic mass is 35.5. The van der Waals surface area contributed by atoms with Gasteiger partial charge in [0.05, 0.1) is 28.1 Å². The van der Waals surface area contributed by atoms with Gasteiger partial charge in [0.15, 0.2) is 9.84 Å². The zero-order valence-electron chi connectivity index (χ0n) is 19.7. The number of sulfone groups is 1. The average molecular weight is 591 g/mol. The second-order valence-corrected chi connectivity index (χ2v) is 12.7. The number of carbonyl (C=O) groups is 1. The molecule has 204 valence electrons. The molecule has 0 aliphatic rings. The Hall–Kier alpha value is -3.13. The summed E-state index contributed by atoms with van der Waals surface area (Å²) < 4.78 is 96.6. The summed E-state index contributed by atoms with van der Waals surface area (Å²) in [5.41, 5.74) is 4.39. The van der Waals surface area contributed by atoms with E-state index in [0.717, 1.165) is 42.5 Å². The lowest BCUT2D eigenvalue weighted by atomic mass is 10.0. The summed E-state index contributed by atoms with van der Waals surface area (Å²) in [7, 11) is -8.87. The number of benzene rings is 3. The number of hydrogen-bond donors (Lipinski definition) is 2. The van der Waals surface area contributed by atoms with Crippen LogP contribution < -0.4 is 10.0 Å². The number of carboxylic acids is 1. The summed E-state index contributed by atoms with van der Waals surface area (Å²) in [4.78, 5) is 10.7. The molecule has 0 fully saturated rings. The summed E-state index contributed by atoms with van der Waals surface area (Å²) >= 11 is 5.86. The van der Waals surface area contributed by atoms with Gasteiger partial charge in [0.25, 0.3) is 10.0 Å². The highest BCUT2D eigenvalue weighted by Gasteiger charge is 2.34. The zero-order valence-corrected chi connectivity index (χ0v) is 22.1. The molecular formula is C24H22ClF3N2O6S2. The number of carboxylic acid groups (broad SMARTS) is 1. The molecule has 0 heterocycles. The Bertz CT molecular complexity index is 1570. The molecule has 38 heavy (non-hydrogen) atoms. The lowest BCUT2D eigenvalue weighted by molar-refractivity contribution is -0.137. The van der Waals surface area contributed by atoms with Crippen LogP contribution in [-0.2, 0) is 30.4 Å². The Morgan fingerprint density at radius 3 is 2.16 bits per heavy atom. The second-order valence-electron chi connectivity index (χ2n) is 8.37. The molecule has 8 nitrogen and oxygen atoms in total. The van der Waals surface area contributed by atoms with Gasteiger partial charge in [-0.15, -0.1) is 0 Å². The van der Waals surface area contributed by atoms with Gasteiger partial charge in [-0.25, -0.2) is 30.0 Å². The topological polar surface area (TPSA) is 135 Å². The first-order chi connectivity index (χ1) is 17.6. The van der Waals surface area contributed by atoms with E-state index in [1.54, 1.807) is 0 Å². The molecule has 2 atom stereocenters. The van der Waals surface area contributed by atoms with Gasteiger partial charge in [0.1, 0.15) is 23.5 Å². The molecular weight excluding hydrogens is 569 g/mol. The third kappa shape index (κ3) is 6.65. The third-order valence-electron chi connectivity index (χ3n) is 5.55. The van der Waals surface area contributed by atoms with Crippen LogP contribution >= 0.6 is 11.6 Å². The Labute approximate surface area is 222 Å². The van der Waals surface area contributed by atoms with Gasteiger partial charge in [0, 0.05) is 11.1 Å². The fourth-order valence-electron chi connectivity index (χ4n) is 3.80. The van der Waals surface area contributed by atoms with Crippen molar-refractivity contribution in [3.8, 4) is 0 Å². The molecule has 14 heteroatoms. The van der Waals surface area contributed by atoms with Crippen LogP contribution in [0.2, 0.25) is 5.02 Å². The highest BCUT2D eigenvalue weighted by molar-refractivity contribution is 7.92. The molecule has 0 aromatic heterocycles. The number of halogens is 4. The summed E-state index contributed by atoms with van der Waals surface area (Å²) in [6.07, 6.45) is 0. The molecule has 0 amide bonds. The summed E-state index contributed by atoms with van der Waals surface area (Å²) in [6.45, 7) is 1.28. The van der Waals surface area contributed by atoms with Crippen LogP contribution in [0, 0.1) is 17.5 Å². The first-order valence-corrected chi connectivity index (χ1v) is 14.5. The predicted molar refractivity (Wildman–Crippen MR) is 135 cm³/mol. The van der Waals surface area contributed by atoms with Crippen LogP contribution in [0.4, 0.5) is 18.9 Å². The molecule has 0 spiro atoms. The molecule has 0 saturated heterocycles. The fourth-order valence-corrected chi connectivity index (χ4v) is 7.09.